The van der Waals surface area contributed by atoms with E-state index in [1.54, 1.807) is 0 Å². The van der Waals surface area contributed by atoms with Crippen molar-refractivity contribution >= 4 is 31.9 Å². The Hall–Kier alpha value is 0.1000. The van der Waals surface area contributed by atoms with Crippen molar-refractivity contribution in [1.29, 1.82) is 0 Å². The molecule has 1 aliphatic carbocycles. The van der Waals surface area contributed by atoms with E-state index in [4.69, 9.17) is 5.73 Å². The Morgan fingerprint density at radius 1 is 1.35 bits per heavy atom. The maximum atomic E-state index is 5.97. The largest absolute Gasteiger partial charge is 0.329 e. The summed E-state index contributed by atoms with van der Waals surface area (Å²) in [7, 11) is 0. The van der Waals surface area contributed by atoms with Gasteiger partial charge in [-0.1, -0.05) is 13.0 Å². The zero-order valence-electron chi connectivity index (χ0n) is 10.00. The first-order valence-electron chi connectivity index (χ1n) is 6.08. The van der Waals surface area contributed by atoms with Gasteiger partial charge in [-0.05, 0) is 68.9 Å². The third kappa shape index (κ3) is 3.11. The molecule has 94 valence electrons. The fourth-order valence-corrected chi connectivity index (χ4v) is 2.96. The Kier molecular flexibility index (Phi) is 4.64. The van der Waals surface area contributed by atoms with E-state index in [1.807, 2.05) is 0 Å². The standard InChI is InChI=1S/C13H18Br2N2/c1-2-17(10-4-5-10)13(8-16)9-3-6-11(14)12(15)7-9/h3,6-7,10,13H,2,4-5,8,16H2,1H3. The smallest absolute Gasteiger partial charge is 0.0473 e. The van der Waals surface area contributed by atoms with Gasteiger partial charge in [0.1, 0.15) is 0 Å². The van der Waals surface area contributed by atoms with E-state index < -0.39 is 0 Å². The van der Waals surface area contributed by atoms with Crippen LogP contribution in [-0.2, 0) is 0 Å². The minimum absolute atomic E-state index is 0.344. The van der Waals surface area contributed by atoms with Gasteiger partial charge in [-0.15, -0.1) is 0 Å². The molecule has 2 N–H and O–H groups in total. The highest BCUT2D eigenvalue weighted by Gasteiger charge is 2.32. The minimum atomic E-state index is 0.344. The van der Waals surface area contributed by atoms with Crippen LogP contribution in [0.15, 0.2) is 27.1 Å². The van der Waals surface area contributed by atoms with Gasteiger partial charge in [0.05, 0.1) is 0 Å². The van der Waals surface area contributed by atoms with Crippen LogP contribution in [0, 0.1) is 0 Å². The first kappa shape index (κ1) is 13.5. The molecule has 1 fully saturated rings. The van der Waals surface area contributed by atoms with E-state index in [2.05, 4.69) is 61.9 Å². The molecule has 1 unspecified atom stereocenters. The molecule has 2 rings (SSSR count). The second-order valence-electron chi connectivity index (χ2n) is 4.49. The lowest BCUT2D eigenvalue weighted by atomic mass is 10.1. The van der Waals surface area contributed by atoms with Gasteiger partial charge in [-0.25, -0.2) is 0 Å². The highest BCUT2D eigenvalue weighted by Crippen LogP contribution is 2.35. The second-order valence-corrected chi connectivity index (χ2v) is 6.20. The van der Waals surface area contributed by atoms with Gasteiger partial charge in [-0.2, -0.15) is 0 Å². The van der Waals surface area contributed by atoms with Gasteiger partial charge in [0, 0.05) is 27.6 Å². The Morgan fingerprint density at radius 3 is 2.53 bits per heavy atom. The van der Waals surface area contributed by atoms with Gasteiger partial charge in [0.2, 0.25) is 0 Å². The molecule has 17 heavy (non-hydrogen) atoms. The molecular formula is C13H18Br2N2. The number of nitrogens with zero attached hydrogens (tertiary/aromatic N) is 1. The first-order chi connectivity index (χ1) is 8.17. The Morgan fingerprint density at radius 2 is 2.06 bits per heavy atom. The SMILES string of the molecule is CCN(C1CC1)C(CN)c1ccc(Br)c(Br)c1. The molecule has 0 spiro atoms. The predicted molar refractivity (Wildman–Crippen MR) is 79.0 cm³/mol. The second kappa shape index (κ2) is 5.83. The van der Waals surface area contributed by atoms with Crippen LogP contribution in [0.4, 0.5) is 0 Å². The number of hydrogen-bond acceptors (Lipinski definition) is 2. The van der Waals surface area contributed by atoms with Crippen molar-refractivity contribution in [2.24, 2.45) is 5.73 Å². The highest BCUT2D eigenvalue weighted by atomic mass is 79.9. The normalized spacial score (nSPS) is 17.5. The molecule has 4 heteroatoms. The molecule has 0 aliphatic heterocycles. The number of benzene rings is 1. The van der Waals surface area contributed by atoms with Crippen LogP contribution in [0.3, 0.4) is 0 Å². The van der Waals surface area contributed by atoms with E-state index in [-0.39, 0.29) is 0 Å². The average Bonchev–Trinajstić information content (AvgIpc) is 3.14. The number of halogens is 2. The number of likely N-dealkylation sites (N-methyl/N-ethyl adjacent to an activating group) is 1. The Balaban J connectivity index is 2.23. The van der Waals surface area contributed by atoms with Crippen molar-refractivity contribution in [3.63, 3.8) is 0 Å². The first-order valence-corrected chi connectivity index (χ1v) is 7.66. The molecular weight excluding hydrogens is 344 g/mol. The van der Waals surface area contributed by atoms with Crippen molar-refractivity contribution < 1.29 is 0 Å². The van der Waals surface area contributed by atoms with E-state index in [1.165, 1.54) is 18.4 Å². The van der Waals surface area contributed by atoms with Crippen LogP contribution in [0.25, 0.3) is 0 Å². The third-order valence-corrected chi connectivity index (χ3v) is 5.21. The van der Waals surface area contributed by atoms with Crippen LogP contribution < -0.4 is 5.73 Å². The summed E-state index contributed by atoms with van der Waals surface area (Å²) in [4.78, 5) is 2.52. The lowest BCUT2D eigenvalue weighted by molar-refractivity contribution is 0.202. The monoisotopic (exact) mass is 360 g/mol. The maximum absolute atomic E-state index is 5.97. The summed E-state index contributed by atoms with van der Waals surface area (Å²) in [5.41, 5.74) is 7.27. The van der Waals surface area contributed by atoms with Crippen LogP contribution in [-0.4, -0.2) is 24.0 Å². The molecule has 0 radical (unpaired) electrons. The van der Waals surface area contributed by atoms with E-state index in [9.17, 15) is 0 Å². The van der Waals surface area contributed by atoms with Gasteiger partial charge in [0.15, 0.2) is 0 Å². The molecule has 0 aromatic heterocycles. The topological polar surface area (TPSA) is 29.3 Å². The lowest BCUT2D eigenvalue weighted by Crippen LogP contribution is -2.35. The number of nitrogens with two attached hydrogens (primary N) is 1. The fraction of sp³-hybridized carbons (Fsp3) is 0.538. The fourth-order valence-electron chi connectivity index (χ4n) is 2.32. The summed E-state index contributed by atoms with van der Waals surface area (Å²) < 4.78 is 2.19. The zero-order valence-corrected chi connectivity index (χ0v) is 13.2. The maximum Gasteiger partial charge on any atom is 0.0473 e. The van der Waals surface area contributed by atoms with Crippen LogP contribution >= 0.6 is 31.9 Å². The van der Waals surface area contributed by atoms with E-state index in [0.717, 1.165) is 21.5 Å². The van der Waals surface area contributed by atoms with Crippen molar-refractivity contribution in [3.8, 4) is 0 Å². The summed E-state index contributed by atoms with van der Waals surface area (Å²) >= 11 is 7.07. The molecule has 1 aromatic carbocycles. The number of rotatable bonds is 5. The van der Waals surface area contributed by atoms with Gasteiger partial charge in [0.25, 0.3) is 0 Å². The summed E-state index contributed by atoms with van der Waals surface area (Å²) in [5.74, 6) is 0. The van der Waals surface area contributed by atoms with Crippen LogP contribution in [0.5, 0.6) is 0 Å². The zero-order chi connectivity index (χ0) is 12.4. The minimum Gasteiger partial charge on any atom is -0.329 e. The Bertz CT molecular complexity index is 391. The quantitative estimate of drug-likeness (QED) is 0.866. The summed E-state index contributed by atoms with van der Waals surface area (Å²) in [6.45, 7) is 3.97. The molecule has 0 saturated heterocycles. The molecule has 1 saturated carbocycles. The van der Waals surface area contributed by atoms with Crippen LogP contribution in [0.2, 0.25) is 0 Å². The van der Waals surface area contributed by atoms with Gasteiger partial charge < -0.3 is 5.73 Å². The predicted octanol–water partition coefficient (Wildman–Crippen LogP) is 3.70. The molecule has 1 aromatic rings. The summed E-state index contributed by atoms with van der Waals surface area (Å²) in [5, 5.41) is 0. The van der Waals surface area contributed by atoms with E-state index >= 15 is 0 Å². The van der Waals surface area contributed by atoms with E-state index in [0.29, 0.717) is 12.6 Å². The molecule has 1 aliphatic rings. The lowest BCUT2D eigenvalue weighted by Gasteiger charge is -2.30. The highest BCUT2D eigenvalue weighted by molar-refractivity contribution is 9.13. The molecule has 0 heterocycles. The van der Waals surface area contributed by atoms with Crippen molar-refractivity contribution in [1.82, 2.24) is 4.90 Å². The van der Waals surface area contributed by atoms with Crippen molar-refractivity contribution in [2.45, 2.75) is 31.8 Å². The molecule has 0 bridgehead atoms. The van der Waals surface area contributed by atoms with Crippen molar-refractivity contribution in [3.05, 3.63) is 32.7 Å². The Labute approximate surface area is 120 Å². The van der Waals surface area contributed by atoms with Gasteiger partial charge >= 0.3 is 0 Å². The molecule has 2 nitrogen and oxygen atoms in total. The molecule has 1 atom stereocenters. The number of hydrogen-bond donors (Lipinski definition) is 1. The van der Waals surface area contributed by atoms with Crippen LogP contribution in [0.1, 0.15) is 31.4 Å². The molecule has 0 amide bonds. The van der Waals surface area contributed by atoms with Gasteiger partial charge in [-0.3, -0.25) is 4.90 Å². The average molecular weight is 362 g/mol. The summed E-state index contributed by atoms with van der Waals surface area (Å²) in [6, 6.07) is 7.51. The third-order valence-electron chi connectivity index (χ3n) is 3.33. The van der Waals surface area contributed by atoms with Crippen molar-refractivity contribution in [2.75, 3.05) is 13.1 Å². The summed E-state index contributed by atoms with van der Waals surface area (Å²) in [6.07, 6.45) is 2.64.